The zero-order valence-corrected chi connectivity index (χ0v) is 13.2. The number of rotatable bonds is 8. The van der Waals surface area contributed by atoms with Crippen molar-refractivity contribution < 1.29 is 9.84 Å². The number of phenolic OH excluding ortho intramolecular Hbond substituents is 1. The molecule has 1 atom stereocenters. The van der Waals surface area contributed by atoms with Crippen molar-refractivity contribution in [2.45, 2.75) is 64.0 Å². The van der Waals surface area contributed by atoms with Crippen LogP contribution in [0.25, 0.3) is 0 Å². The molecule has 1 fully saturated rings. The molecule has 1 aliphatic rings. The number of ether oxygens (including phenoxy) is 1. The Labute approximate surface area is 128 Å². The zero-order valence-electron chi connectivity index (χ0n) is 13.2. The summed E-state index contributed by atoms with van der Waals surface area (Å²) in [5, 5.41) is 12.9. The summed E-state index contributed by atoms with van der Waals surface area (Å²) in [6, 6.07) is 7.86. The quantitative estimate of drug-likeness (QED) is 0.706. The summed E-state index contributed by atoms with van der Waals surface area (Å²) in [6.07, 6.45) is 9.17. The number of hydrogen-bond donors (Lipinski definition) is 2. The summed E-state index contributed by atoms with van der Waals surface area (Å²) in [4.78, 5) is 0. The van der Waals surface area contributed by atoms with Crippen molar-refractivity contribution in [1.82, 2.24) is 5.32 Å². The predicted molar refractivity (Wildman–Crippen MR) is 86.6 cm³/mol. The van der Waals surface area contributed by atoms with Crippen molar-refractivity contribution in [2.75, 3.05) is 13.2 Å². The molecule has 0 saturated heterocycles. The molecule has 2 rings (SSSR count). The third-order valence-electron chi connectivity index (χ3n) is 4.32. The Kier molecular flexibility index (Phi) is 7.04. The highest BCUT2D eigenvalue weighted by molar-refractivity contribution is 5.27. The molecule has 3 heteroatoms. The van der Waals surface area contributed by atoms with Crippen LogP contribution < -0.4 is 5.32 Å². The van der Waals surface area contributed by atoms with Crippen LogP contribution >= 0.6 is 0 Å². The minimum absolute atomic E-state index is 0.328. The lowest BCUT2D eigenvalue weighted by atomic mass is 9.98. The Hall–Kier alpha value is -1.06. The Morgan fingerprint density at radius 1 is 1.19 bits per heavy atom. The standard InChI is InChI=1S/C18H29NO2/c1-2-18(15-9-11-16(20)12-10-15)19-13-6-14-21-17-7-4-3-5-8-17/h9-12,17-20H,2-8,13-14H2,1H3. The molecule has 1 aromatic carbocycles. The second-order valence-electron chi connectivity index (χ2n) is 5.99. The maximum atomic E-state index is 9.34. The molecule has 118 valence electrons. The van der Waals surface area contributed by atoms with Crippen LogP contribution in [0.3, 0.4) is 0 Å². The molecule has 0 spiro atoms. The largest absolute Gasteiger partial charge is 0.508 e. The molecule has 1 aliphatic carbocycles. The van der Waals surface area contributed by atoms with Gasteiger partial charge in [-0.2, -0.15) is 0 Å². The fourth-order valence-corrected chi connectivity index (χ4v) is 3.03. The van der Waals surface area contributed by atoms with Gasteiger partial charge in [0.15, 0.2) is 0 Å². The first-order valence-electron chi connectivity index (χ1n) is 8.43. The van der Waals surface area contributed by atoms with Crippen molar-refractivity contribution in [1.29, 1.82) is 0 Å². The van der Waals surface area contributed by atoms with Gasteiger partial charge in [-0.15, -0.1) is 0 Å². The van der Waals surface area contributed by atoms with Crippen LogP contribution in [0.2, 0.25) is 0 Å². The van der Waals surface area contributed by atoms with E-state index in [4.69, 9.17) is 4.74 Å². The number of benzene rings is 1. The predicted octanol–water partition coefficient (Wildman–Crippen LogP) is 4.17. The van der Waals surface area contributed by atoms with Crippen molar-refractivity contribution in [2.24, 2.45) is 0 Å². The molecule has 0 bridgehead atoms. The molecule has 1 aromatic rings. The Morgan fingerprint density at radius 3 is 2.57 bits per heavy atom. The van der Waals surface area contributed by atoms with Crippen LogP contribution in [0, 0.1) is 0 Å². The first-order chi connectivity index (χ1) is 10.3. The van der Waals surface area contributed by atoms with E-state index in [0.29, 0.717) is 17.9 Å². The molecular weight excluding hydrogens is 262 g/mol. The minimum atomic E-state index is 0.328. The van der Waals surface area contributed by atoms with E-state index in [-0.39, 0.29) is 0 Å². The summed E-state index contributed by atoms with van der Waals surface area (Å²) in [6.45, 7) is 4.03. The molecule has 0 radical (unpaired) electrons. The Morgan fingerprint density at radius 2 is 1.90 bits per heavy atom. The highest BCUT2D eigenvalue weighted by Gasteiger charge is 2.13. The summed E-state index contributed by atoms with van der Waals surface area (Å²) < 4.78 is 5.95. The monoisotopic (exact) mass is 291 g/mol. The second kappa shape index (κ2) is 9.06. The van der Waals surface area contributed by atoms with Crippen molar-refractivity contribution in [3.05, 3.63) is 29.8 Å². The van der Waals surface area contributed by atoms with Gasteiger partial charge >= 0.3 is 0 Å². The first-order valence-corrected chi connectivity index (χ1v) is 8.43. The normalized spacial score (nSPS) is 17.8. The molecule has 2 N–H and O–H groups in total. The van der Waals surface area contributed by atoms with Crippen LogP contribution in [-0.2, 0) is 4.74 Å². The molecule has 1 saturated carbocycles. The molecule has 21 heavy (non-hydrogen) atoms. The van der Waals surface area contributed by atoms with E-state index in [0.717, 1.165) is 26.0 Å². The molecule has 0 aromatic heterocycles. The average Bonchev–Trinajstić information content (AvgIpc) is 2.53. The van der Waals surface area contributed by atoms with Gasteiger partial charge in [-0.3, -0.25) is 0 Å². The van der Waals surface area contributed by atoms with E-state index in [9.17, 15) is 5.11 Å². The molecule has 0 heterocycles. The highest BCUT2D eigenvalue weighted by Crippen LogP contribution is 2.21. The molecule has 0 aliphatic heterocycles. The SMILES string of the molecule is CCC(NCCCOC1CCCCC1)c1ccc(O)cc1. The Balaban J connectivity index is 1.63. The van der Waals surface area contributed by atoms with E-state index in [1.807, 2.05) is 12.1 Å². The van der Waals surface area contributed by atoms with E-state index in [1.165, 1.54) is 37.7 Å². The van der Waals surface area contributed by atoms with Crippen LogP contribution in [0.1, 0.15) is 63.5 Å². The van der Waals surface area contributed by atoms with Crippen molar-refractivity contribution >= 4 is 0 Å². The van der Waals surface area contributed by atoms with Gasteiger partial charge in [-0.05, 0) is 49.9 Å². The molecule has 3 nitrogen and oxygen atoms in total. The lowest BCUT2D eigenvalue weighted by Gasteiger charge is -2.22. The fraction of sp³-hybridized carbons (Fsp3) is 0.667. The zero-order chi connectivity index (χ0) is 14.9. The Bertz CT molecular complexity index is 385. The smallest absolute Gasteiger partial charge is 0.115 e. The van der Waals surface area contributed by atoms with Crippen LogP contribution in [0.4, 0.5) is 0 Å². The highest BCUT2D eigenvalue weighted by atomic mass is 16.5. The lowest BCUT2D eigenvalue weighted by Crippen LogP contribution is -2.24. The number of aromatic hydroxyl groups is 1. The van der Waals surface area contributed by atoms with E-state index in [1.54, 1.807) is 12.1 Å². The maximum absolute atomic E-state index is 9.34. The van der Waals surface area contributed by atoms with E-state index in [2.05, 4.69) is 12.2 Å². The molecule has 1 unspecified atom stereocenters. The summed E-state index contributed by atoms with van der Waals surface area (Å²) in [5.41, 5.74) is 1.24. The van der Waals surface area contributed by atoms with Gasteiger partial charge in [0.2, 0.25) is 0 Å². The minimum Gasteiger partial charge on any atom is -0.508 e. The van der Waals surface area contributed by atoms with Crippen molar-refractivity contribution in [3.63, 3.8) is 0 Å². The third kappa shape index (κ3) is 5.68. The van der Waals surface area contributed by atoms with E-state index >= 15 is 0 Å². The summed E-state index contributed by atoms with van der Waals surface area (Å²) in [5.74, 6) is 0.328. The third-order valence-corrected chi connectivity index (χ3v) is 4.32. The first kappa shape index (κ1) is 16.3. The lowest BCUT2D eigenvalue weighted by molar-refractivity contribution is 0.0271. The molecule has 0 amide bonds. The topological polar surface area (TPSA) is 41.5 Å². The number of hydrogen-bond acceptors (Lipinski definition) is 3. The van der Waals surface area contributed by atoms with Gasteiger partial charge in [0.1, 0.15) is 5.75 Å². The van der Waals surface area contributed by atoms with E-state index < -0.39 is 0 Å². The van der Waals surface area contributed by atoms with Gasteiger partial charge in [-0.1, -0.05) is 38.3 Å². The number of phenols is 1. The summed E-state index contributed by atoms with van der Waals surface area (Å²) in [7, 11) is 0. The van der Waals surface area contributed by atoms with Crippen LogP contribution in [-0.4, -0.2) is 24.4 Å². The van der Waals surface area contributed by atoms with Gasteiger partial charge in [0, 0.05) is 12.6 Å². The second-order valence-corrected chi connectivity index (χ2v) is 5.99. The summed E-state index contributed by atoms with van der Waals surface area (Å²) >= 11 is 0. The van der Waals surface area contributed by atoms with Gasteiger partial charge in [0.25, 0.3) is 0 Å². The van der Waals surface area contributed by atoms with Gasteiger partial charge in [-0.25, -0.2) is 0 Å². The number of nitrogens with one attached hydrogen (secondary N) is 1. The van der Waals surface area contributed by atoms with Crippen LogP contribution in [0.5, 0.6) is 5.75 Å². The molecular formula is C18H29NO2. The van der Waals surface area contributed by atoms with Gasteiger partial charge < -0.3 is 15.2 Å². The van der Waals surface area contributed by atoms with Crippen LogP contribution in [0.15, 0.2) is 24.3 Å². The van der Waals surface area contributed by atoms with Crippen molar-refractivity contribution in [3.8, 4) is 5.75 Å². The maximum Gasteiger partial charge on any atom is 0.115 e. The average molecular weight is 291 g/mol. The fourth-order valence-electron chi connectivity index (χ4n) is 3.03. The van der Waals surface area contributed by atoms with Gasteiger partial charge in [0.05, 0.1) is 6.10 Å².